The van der Waals surface area contributed by atoms with E-state index in [0.29, 0.717) is 22.5 Å². The fourth-order valence-corrected chi connectivity index (χ4v) is 10.7. The number of benzene rings is 1. The lowest BCUT2D eigenvalue weighted by molar-refractivity contribution is 0.352. The highest BCUT2D eigenvalue weighted by atomic mass is 28.4. The lowest BCUT2D eigenvalue weighted by atomic mass is 9.94. The minimum absolute atomic E-state index is 0.455. The largest absolute Gasteiger partial charge is 0.546 e. The van der Waals surface area contributed by atoms with Gasteiger partial charge in [0, 0.05) is 29.4 Å². The summed E-state index contributed by atoms with van der Waals surface area (Å²) < 4.78 is 7.07. The van der Waals surface area contributed by atoms with E-state index in [2.05, 4.69) is 83.1 Å². The zero-order valence-electron chi connectivity index (χ0n) is 18.0. The summed E-state index contributed by atoms with van der Waals surface area (Å²) >= 11 is 0. The molecule has 1 aliphatic rings. The van der Waals surface area contributed by atoms with Crippen LogP contribution in [0.15, 0.2) is 42.3 Å². The van der Waals surface area contributed by atoms with Crippen LogP contribution in [0.2, 0.25) is 16.6 Å². The molecule has 1 heterocycles. The van der Waals surface area contributed by atoms with E-state index < -0.39 is 8.32 Å². The van der Waals surface area contributed by atoms with Gasteiger partial charge in [-0.2, -0.15) is 0 Å². The lowest BCUT2D eigenvalue weighted by Gasteiger charge is -2.43. The molecule has 0 saturated carbocycles. The van der Waals surface area contributed by atoms with E-state index in [0.717, 1.165) is 6.42 Å². The van der Waals surface area contributed by atoms with Gasteiger partial charge in [-0.25, -0.2) is 0 Å². The Hall–Kier alpha value is -1.48. The third-order valence-electron chi connectivity index (χ3n) is 6.61. The molecular weight excluding hydrogens is 346 g/mol. The van der Waals surface area contributed by atoms with Crippen molar-refractivity contribution in [3.63, 3.8) is 0 Å². The van der Waals surface area contributed by atoms with E-state index in [1.807, 2.05) is 0 Å². The van der Waals surface area contributed by atoms with Gasteiger partial charge in [-0.3, -0.25) is 0 Å². The van der Waals surface area contributed by atoms with Crippen LogP contribution in [-0.2, 0) is 4.43 Å². The molecule has 1 atom stereocenters. The summed E-state index contributed by atoms with van der Waals surface area (Å²) in [6.07, 6.45) is 9.51. The van der Waals surface area contributed by atoms with Crippen LogP contribution in [0.25, 0.3) is 10.9 Å². The van der Waals surface area contributed by atoms with E-state index in [1.165, 1.54) is 41.5 Å². The molecular formula is C24H37NOSi. The molecule has 27 heavy (non-hydrogen) atoms. The van der Waals surface area contributed by atoms with Gasteiger partial charge in [-0.05, 0) is 47.2 Å². The number of H-pyrrole nitrogens is 1. The second kappa shape index (κ2) is 8.26. The van der Waals surface area contributed by atoms with Gasteiger partial charge in [0.25, 0.3) is 8.32 Å². The molecule has 1 aromatic heterocycles. The van der Waals surface area contributed by atoms with Gasteiger partial charge in [-0.15, -0.1) is 0 Å². The molecule has 0 aliphatic heterocycles. The van der Waals surface area contributed by atoms with Gasteiger partial charge in [0.15, 0.2) is 0 Å². The maximum Gasteiger partial charge on any atom is 0.258 e. The Morgan fingerprint density at radius 1 is 0.963 bits per heavy atom. The van der Waals surface area contributed by atoms with Crippen molar-refractivity contribution in [3.8, 4) is 0 Å². The molecule has 1 N–H and O–H groups in total. The van der Waals surface area contributed by atoms with Crippen molar-refractivity contribution in [1.29, 1.82) is 0 Å². The fourth-order valence-electron chi connectivity index (χ4n) is 5.37. The number of allylic oxidation sites excluding steroid dienone is 2. The van der Waals surface area contributed by atoms with Crippen molar-refractivity contribution in [2.45, 2.75) is 89.8 Å². The summed E-state index contributed by atoms with van der Waals surface area (Å²) in [6.45, 7) is 14.3. The van der Waals surface area contributed by atoms with Crippen molar-refractivity contribution < 1.29 is 4.43 Å². The summed E-state index contributed by atoms with van der Waals surface area (Å²) in [6, 6.07) is 8.67. The predicted molar refractivity (Wildman–Crippen MR) is 120 cm³/mol. The molecule has 148 valence electrons. The number of nitrogens with one attached hydrogen (secondary N) is 1. The van der Waals surface area contributed by atoms with Crippen LogP contribution in [0.5, 0.6) is 0 Å². The first-order valence-corrected chi connectivity index (χ1v) is 13.0. The van der Waals surface area contributed by atoms with E-state index in [4.69, 9.17) is 4.43 Å². The summed E-state index contributed by atoms with van der Waals surface area (Å²) in [7, 11) is -1.88. The van der Waals surface area contributed by atoms with E-state index in [9.17, 15) is 0 Å². The molecule has 2 aromatic rings. The third kappa shape index (κ3) is 3.89. The first-order valence-electron chi connectivity index (χ1n) is 10.8. The number of aromatic amines is 1. The zero-order valence-corrected chi connectivity index (χ0v) is 19.0. The second-order valence-corrected chi connectivity index (χ2v) is 14.6. The van der Waals surface area contributed by atoms with Crippen molar-refractivity contribution in [2.75, 3.05) is 0 Å². The Morgan fingerprint density at radius 2 is 1.63 bits per heavy atom. The minimum Gasteiger partial charge on any atom is -0.546 e. The Kier molecular flexibility index (Phi) is 6.20. The molecule has 1 aliphatic carbocycles. The fraction of sp³-hybridized carbons (Fsp3) is 0.583. The Labute approximate surface area is 166 Å². The first-order chi connectivity index (χ1) is 12.9. The number of hydrogen-bond acceptors (Lipinski definition) is 1. The lowest BCUT2D eigenvalue weighted by Crippen LogP contribution is -2.47. The molecule has 1 aromatic carbocycles. The molecule has 3 rings (SSSR count). The minimum atomic E-state index is -1.88. The van der Waals surface area contributed by atoms with Gasteiger partial charge >= 0.3 is 0 Å². The second-order valence-electron chi connectivity index (χ2n) is 9.19. The highest BCUT2D eigenvalue weighted by Crippen LogP contribution is 2.45. The van der Waals surface area contributed by atoms with E-state index >= 15 is 0 Å². The smallest absolute Gasteiger partial charge is 0.258 e. The first kappa shape index (κ1) is 20.3. The van der Waals surface area contributed by atoms with E-state index in [-0.39, 0.29) is 0 Å². The summed E-state index contributed by atoms with van der Waals surface area (Å²) in [5.74, 6) is 1.72. The van der Waals surface area contributed by atoms with Gasteiger partial charge in [0.05, 0.1) is 5.76 Å². The van der Waals surface area contributed by atoms with Gasteiger partial charge in [0.2, 0.25) is 0 Å². The van der Waals surface area contributed by atoms with Crippen LogP contribution in [0, 0.1) is 0 Å². The average Bonchev–Trinajstić information content (AvgIpc) is 2.91. The summed E-state index contributed by atoms with van der Waals surface area (Å²) in [5.41, 5.74) is 4.52. The van der Waals surface area contributed by atoms with Crippen molar-refractivity contribution in [2.24, 2.45) is 0 Å². The highest BCUT2D eigenvalue weighted by Gasteiger charge is 2.47. The molecule has 0 radical (unpaired) electrons. The quantitative estimate of drug-likeness (QED) is 0.504. The number of para-hydroxylation sites is 1. The molecule has 0 spiro atoms. The summed E-state index contributed by atoms with van der Waals surface area (Å²) in [5, 5.41) is 1.36. The normalized spacial score (nSPS) is 19.0. The Morgan fingerprint density at radius 3 is 2.30 bits per heavy atom. The van der Waals surface area contributed by atoms with Crippen LogP contribution in [0.1, 0.15) is 78.7 Å². The number of fused-ring (bicyclic) bond motifs is 1. The molecule has 0 bridgehead atoms. The van der Waals surface area contributed by atoms with Crippen LogP contribution >= 0.6 is 0 Å². The Bertz CT molecular complexity index is 765. The molecule has 0 fully saturated rings. The van der Waals surface area contributed by atoms with Crippen molar-refractivity contribution in [3.05, 3.63) is 47.9 Å². The van der Waals surface area contributed by atoms with Crippen molar-refractivity contribution >= 4 is 19.2 Å². The van der Waals surface area contributed by atoms with E-state index in [1.54, 1.807) is 0 Å². The predicted octanol–water partition coefficient (Wildman–Crippen LogP) is 7.90. The topological polar surface area (TPSA) is 25.0 Å². The third-order valence-corrected chi connectivity index (χ3v) is 12.6. The van der Waals surface area contributed by atoms with Crippen LogP contribution < -0.4 is 0 Å². The molecule has 0 saturated heterocycles. The molecule has 2 nitrogen and oxygen atoms in total. The SMILES string of the molecule is CC(C)[Si](OC1=CC(c2c[nH]c3ccccc23)CCCC1)(C(C)C)C(C)C. The monoisotopic (exact) mass is 383 g/mol. The van der Waals surface area contributed by atoms with Crippen LogP contribution in [0.3, 0.4) is 0 Å². The maximum absolute atomic E-state index is 7.07. The standard InChI is InChI=1S/C24H37NOSi/c1-17(2)27(18(3)4,19(5)6)26-21-12-8-7-11-20(15-21)23-16-25-24-14-10-9-13-22(23)24/h9-10,13-20,25H,7-8,11-12H2,1-6H3. The maximum atomic E-state index is 7.07. The molecule has 1 unspecified atom stereocenters. The average molecular weight is 384 g/mol. The Balaban J connectivity index is 1.96. The zero-order chi connectivity index (χ0) is 19.6. The highest BCUT2D eigenvalue weighted by molar-refractivity contribution is 6.77. The van der Waals surface area contributed by atoms with Crippen molar-refractivity contribution in [1.82, 2.24) is 4.98 Å². The molecule has 0 amide bonds. The van der Waals surface area contributed by atoms with Gasteiger partial charge in [-0.1, -0.05) is 66.2 Å². The van der Waals surface area contributed by atoms with Crippen LogP contribution in [0.4, 0.5) is 0 Å². The molecule has 3 heteroatoms. The summed E-state index contributed by atoms with van der Waals surface area (Å²) in [4.78, 5) is 3.46. The number of hydrogen-bond donors (Lipinski definition) is 1. The van der Waals surface area contributed by atoms with Gasteiger partial charge in [0.1, 0.15) is 0 Å². The van der Waals surface area contributed by atoms with Gasteiger partial charge < -0.3 is 9.41 Å². The number of aromatic nitrogens is 1. The number of rotatable bonds is 6. The van der Waals surface area contributed by atoms with Crippen LogP contribution in [-0.4, -0.2) is 13.3 Å².